The SMILES string of the molecule is COc1cccc([C@@H]2C(C(=O)OCc3ccccc3)=C(C)N=C3SC=C(CC(=O)NCc4cccnc4)N32)c1OC. The Balaban J connectivity index is 1.47. The van der Waals surface area contributed by atoms with E-state index in [-0.39, 0.29) is 18.9 Å². The number of pyridine rings is 1. The molecule has 0 saturated carbocycles. The van der Waals surface area contributed by atoms with Gasteiger partial charge in [-0.15, -0.1) is 0 Å². The van der Waals surface area contributed by atoms with Gasteiger partial charge < -0.3 is 24.4 Å². The number of aliphatic imine (C=N–C) groups is 1. The highest BCUT2D eigenvalue weighted by Gasteiger charge is 2.42. The molecular formula is C31H30N4O5S. The van der Waals surface area contributed by atoms with E-state index in [0.717, 1.165) is 11.1 Å². The quantitative estimate of drug-likeness (QED) is 0.335. The number of amides is 1. The van der Waals surface area contributed by atoms with Crippen LogP contribution in [0.2, 0.25) is 0 Å². The monoisotopic (exact) mass is 570 g/mol. The van der Waals surface area contributed by atoms with Crippen molar-refractivity contribution in [1.82, 2.24) is 15.2 Å². The molecule has 2 aliphatic heterocycles. The Morgan fingerprint density at radius 1 is 1.00 bits per heavy atom. The number of benzene rings is 2. The van der Waals surface area contributed by atoms with Gasteiger partial charge in [-0.2, -0.15) is 0 Å². The molecule has 0 unspecified atom stereocenters. The first-order valence-corrected chi connectivity index (χ1v) is 13.9. The number of fused-ring (bicyclic) bond motifs is 1. The zero-order valence-electron chi connectivity index (χ0n) is 23.0. The lowest BCUT2D eigenvalue weighted by Crippen LogP contribution is -2.38. The van der Waals surface area contributed by atoms with E-state index in [1.165, 1.54) is 11.8 Å². The second-order valence-electron chi connectivity index (χ2n) is 9.35. The van der Waals surface area contributed by atoms with Gasteiger partial charge in [0.1, 0.15) is 6.61 Å². The van der Waals surface area contributed by atoms with Crippen LogP contribution in [0.5, 0.6) is 11.5 Å². The number of rotatable bonds is 10. The number of ether oxygens (including phenoxy) is 3. The van der Waals surface area contributed by atoms with Crippen LogP contribution >= 0.6 is 11.8 Å². The Labute approximate surface area is 242 Å². The molecule has 0 fully saturated rings. The fourth-order valence-electron chi connectivity index (χ4n) is 4.78. The molecule has 9 nitrogen and oxygen atoms in total. The predicted molar refractivity (Wildman–Crippen MR) is 157 cm³/mol. The fraction of sp³-hybridized carbons (Fsp3) is 0.226. The molecule has 1 aromatic heterocycles. The summed E-state index contributed by atoms with van der Waals surface area (Å²) in [5.41, 5.74) is 4.06. The number of nitrogens with zero attached hydrogens (tertiary/aromatic N) is 3. The second-order valence-corrected chi connectivity index (χ2v) is 10.2. The fourth-order valence-corrected chi connectivity index (χ4v) is 5.75. The lowest BCUT2D eigenvalue weighted by molar-refractivity contribution is -0.141. The topological polar surface area (TPSA) is 102 Å². The molecule has 1 atom stereocenters. The lowest BCUT2D eigenvalue weighted by Gasteiger charge is -2.37. The number of para-hydroxylation sites is 1. The van der Waals surface area contributed by atoms with Gasteiger partial charge in [0.05, 0.1) is 38.0 Å². The highest BCUT2D eigenvalue weighted by Crippen LogP contribution is 2.48. The summed E-state index contributed by atoms with van der Waals surface area (Å²) < 4.78 is 17.2. The summed E-state index contributed by atoms with van der Waals surface area (Å²) in [5, 5.41) is 5.51. The minimum absolute atomic E-state index is 0.0838. The van der Waals surface area contributed by atoms with E-state index in [2.05, 4.69) is 10.3 Å². The van der Waals surface area contributed by atoms with Crippen molar-refractivity contribution in [3.8, 4) is 11.5 Å². The molecule has 2 aliphatic rings. The summed E-state index contributed by atoms with van der Waals surface area (Å²) in [4.78, 5) is 37.6. The maximum absolute atomic E-state index is 13.7. The van der Waals surface area contributed by atoms with Gasteiger partial charge in [-0.25, -0.2) is 9.79 Å². The molecule has 5 rings (SSSR count). The number of esters is 1. The number of hydrogen-bond acceptors (Lipinski definition) is 9. The average molecular weight is 571 g/mol. The molecule has 10 heteroatoms. The molecule has 1 N–H and O–H groups in total. The van der Waals surface area contributed by atoms with E-state index >= 15 is 0 Å². The first kappa shape index (κ1) is 28.0. The Hall–Kier alpha value is -4.57. The lowest BCUT2D eigenvalue weighted by atomic mass is 9.92. The van der Waals surface area contributed by atoms with E-state index in [9.17, 15) is 9.59 Å². The van der Waals surface area contributed by atoms with E-state index in [1.807, 2.05) is 64.9 Å². The Morgan fingerprint density at radius 2 is 1.80 bits per heavy atom. The smallest absolute Gasteiger partial charge is 0.338 e. The van der Waals surface area contributed by atoms with Crippen LogP contribution in [0.1, 0.15) is 36.1 Å². The molecule has 1 amide bonds. The third-order valence-electron chi connectivity index (χ3n) is 6.72. The van der Waals surface area contributed by atoms with Crippen LogP contribution in [0.3, 0.4) is 0 Å². The average Bonchev–Trinajstić information content (AvgIpc) is 3.40. The third-order valence-corrected chi connectivity index (χ3v) is 7.60. The number of carbonyl (C=O) groups is 2. The minimum atomic E-state index is -0.664. The normalized spacial score (nSPS) is 16.0. The van der Waals surface area contributed by atoms with Crippen molar-refractivity contribution in [2.75, 3.05) is 14.2 Å². The van der Waals surface area contributed by atoms with Gasteiger partial charge in [-0.05, 0) is 35.6 Å². The van der Waals surface area contributed by atoms with Crippen molar-refractivity contribution in [2.24, 2.45) is 4.99 Å². The van der Waals surface area contributed by atoms with Crippen molar-refractivity contribution in [3.05, 3.63) is 112 Å². The third kappa shape index (κ3) is 6.12. The van der Waals surface area contributed by atoms with Crippen LogP contribution in [0.4, 0.5) is 0 Å². The van der Waals surface area contributed by atoms with Gasteiger partial charge in [-0.3, -0.25) is 9.78 Å². The Bertz CT molecular complexity index is 1520. The Kier molecular flexibility index (Phi) is 8.69. The van der Waals surface area contributed by atoms with Gasteiger partial charge in [0, 0.05) is 30.2 Å². The molecule has 210 valence electrons. The summed E-state index contributed by atoms with van der Waals surface area (Å²) in [6.45, 7) is 2.27. The predicted octanol–water partition coefficient (Wildman–Crippen LogP) is 5.12. The number of amidine groups is 1. The standard InChI is InChI=1S/C31H30N4O5S/c1-20-27(30(37)40-18-21-9-5-4-6-10-21)28(24-12-7-13-25(38-2)29(24)39-3)35-23(19-41-31(35)34-20)15-26(36)33-17-22-11-8-14-32-16-22/h4-14,16,19,28H,15,17-18H2,1-3H3,(H,33,36)/t28-/m1/s1. The van der Waals surface area contributed by atoms with Crippen LogP contribution in [0.15, 0.2) is 100 Å². The first-order chi connectivity index (χ1) is 20.0. The highest BCUT2D eigenvalue weighted by molar-refractivity contribution is 8.16. The van der Waals surface area contributed by atoms with Crippen LogP contribution in [-0.4, -0.2) is 41.1 Å². The van der Waals surface area contributed by atoms with E-state index in [0.29, 0.717) is 45.7 Å². The number of hydrogen-bond donors (Lipinski definition) is 1. The van der Waals surface area contributed by atoms with Crippen molar-refractivity contribution >= 4 is 28.8 Å². The molecule has 0 spiro atoms. The van der Waals surface area contributed by atoms with Crippen LogP contribution in [0, 0.1) is 0 Å². The summed E-state index contributed by atoms with van der Waals surface area (Å²) in [7, 11) is 3.12. The van der Waals surface area contributed by atoms with Gasteiger partial charge in [0.2, 0.25) is 5.91 Å². The van der Waals surface area contributed by atoms with Gasteiger partial charge in [0.25, 0.3) is 0 Å². The van der Waals surface area contributed by atoms with Crippen molar-refractivity contribution in [3.63, 3.8) is 0 Å². The van der Waals surface area contributed by atoms with Crippen molar-refractivity contribution in [2.45, 2.75) is 32.5 Å². The molecule has 0 saturated heterocycles. The van der Waals surface area contributed by atoms with Gasteiger partial charge in [0.15, 0.2) is 16.7 Å². The molecule has 3 aromatic rings. The maximum Gasteiger partial charge on any atom is 0.338 e. The number of carbonyl (C=O) groups excluding carboxylic acids is 2. The van der Waals surface area contributed by atoms with Crippen molar-refractivity contribution in [1.29, 1.82) is 0 Å². The molecular weight excluding hydrogens is 540 g/mol. The summed E-state index contributed by atoms with van der Waals surface area (Å²) >= 11 is 1.41. The minimum Gasteiger partial charge on any atom is -0.493 e. The largest absolute Gasteiger partial charge is 0.493 e. The molecule has 41 heavy (non-hydrogen) atoms. The van der Waals surface area contributed by atoms with Crippen LogP contribution < -0.4 is 14.8 Å². The van der Waals surface area contributed by atoms with E-state index in [4.69, 9.17) is 19.2 Å². The first-order valence-electron chi connectivity index (χ1n) is 13.0. The number of nitrogens with one attached hydrogen (secondary N) is 1. The van der Waals surface area contributed by atoms with E-state index in [1.54, 1.807) is 39.6 Å². The molecule has 0 aliphatic carbocycles. The summed E-state index contributed by atoms with van der Waals surface area (Å²) in [5.74, 6) is 0.342. The van der Waals surface area contributed by atoms with E-state index < -0.39 is 12.0 Å². The van der Waals surface area contributed by atoms with Crippen LogP contribution in [0.25, 0.3) is 0 Å². The van der Waals surface area contributed by atoms with Gasteiger partial charge in [-0.1, -0.05) is 60.3 Å². The Morgan fingerprint density at radius 3 is 2.54 bits per heavy atom. The summed E-state index contributed by atoms with van der Waals surface area (Å²) in [6.07, 6.45) is 3.49. The summed E-state index contributed by atoms with van der Waals surface area (Å²) in [6, 6.07) is 18.1. The second kappa shape index (κ2) is 12.7. The van der Waals surface area contributed by atoms with Crippen LogP contribution in [-0.2, 0) is 27.5 Å². The number of aromatic nitrogens is 1. The maximum atomic E-state index is 13.7. The number of allylic oxidation sites excluding steroid dienone is 1. The molecule has 0 radical (unpaired) electrons. The van der Waals surface area contributed by atoms with Gasteiger partial charge >= 0.3 is 5.97 Å². The zero-order valence-corrected chi connectivity index (χ0v) is 23.8. The molecule has 0 bridgehead atoms. The number of methoxy groups -OCH3 is 2. The van der Waals surface area contributed by atoms with Crippen molar-refractivity contribution < 1.29 is 23.8 Å². The number of thioether (sulfide) groups is 1. The zero-order chi connectivity index (χ0) is 28.8. The molecule has 3 heterocycles. The molecule has 2 aromatic carbocycles. The highest BCUT2D eigenvalue weighted by atomic mass is 32.2.